The van der Waals surface area contributed by atoms with E-state index in [1.165, 1.54) is 11.5 Å². The van der Waals surface area contributed by atoms with E-state index in [1.807, 2.05) is 5.38 Å². The van der Waals surface area contributed by atoms with Crippen LogP contribution in [0, 0.1) is 0 Å². The van der Waals surface area contributed by atoms with Gasteiger partial charge in [0.25, 0.3) is 0 Å². The molecule has 4 nitrogen and oxygen atoms in total. The average Bonchev–Trinajstić information content (AvgIpc) is 2.39. The van der Waals surface area contributed by atoms with Gasteiger partial charge in [-0.15, -0.1) is 5.10 Å². The molecule has 11 heavy (non-hydrogen) atoms. The second-order valence-electron chi connectivity index (χ2n) is 2.89. The largest absolute Gasteiger partial charge is 0.394 e. The maximum Gasteiger partial charge on any atom is 0.0774 e. The van der Waals surface area contributed by atoms with E-state index in [1.54, 1.807) is 6.92 Å². The molecule has 62 valence electrons. The number of nitrogens with zero attached hydrogens (tertiary/aromatic N) is 2. The molecule has 1 atom stereocenters. The van der Waals surface area contributed by atoms with Crippen molar-refractivity contribution >= 4 is 11.5 Å². The minimum atomic E-state index is -0.574. The second-order valence-corrected chi connectivity index (χ2v) is 3.49. The maximum absolute atomic E-state index is 8.82. The third kappa shape index (κ3) is 2.53. The summed E-state index contributed by atoms with van der Waals surface area (Å²) in [5.74, 6) is 0. The molecule has 1 aromatic rings. The highest BCUT2D eigenvalue weighted by Gasteiger charge is 2.18. The highest BCUT2D eigenvalue weighted by molar-refractivity contribution is 7.03. The first-order chi connectivity index (χ1) is 5.14. The monoisotopic (exact) mass is 173 g/mol. The van der Waals surface area contributed by atoms with Crippen LogP contribution in [0.2, 0.25) is 0 Å². The second kappa shape index (κ2) is 3.25. The first kappa shape index (κ1) is 8.58. The van der Waals surface area contributed by atoms with Gasteiger partial charge < -0.3 is 10.8 Å². The molecule has 1 heterocycles. The van der Waals surface area contributed by atoms with E-state index in [2.05, 4.69) is 9.59 Å². The van der Waals surface area contributed by atoms with Gasteiger partial charge >= 0.3 is 0 Å². The van der Waals surface area contributed by atoms with E-state index in [4.69, 9.17) is 10.8 Å². The van der Waals surface area contributed by atoms with E-state index >= 15 is 0 Å². The van der Waals surface area contributed by atoms with Crippen molar-refractivity contribution in [2.24, 2.45) is 5.73 Å². The Morgan fingerprint density at radius 1 is 1.82 bits per heavy atom. The van der Waals surface area contributed by atoms with Gasteiger partial charge in [0.2, 0.25) is 0 Å². The van der Waals surface area contributed by atoms with Crippen molar-refractivity contribution in [2.45, 2.75) is 18.9 Å². The zero-order valence-electron chi connectivity index (χ0n) is 6.32. The number of hydrogen-bond acceptors (Lipinski definition) is 5. The molecule has 0 bridgehead atoms. The number of aromatic nitrogens is 2. The van der Waals surface area contributed by atoms with Crippen molar-refractivity contribution in [3.63, 3.8) is 0 Å². The van der Waals surface area contributed by atoms with Crippen molar-refractivity contribution in [1.82, 2.24) is 9.59 Å². The molecule has 0 saturated carbocycles. The lowest BCUT2D eigenvalue weighted by Gasteiger charge is -2.19. The molecule has 0 aliphatic carbocycles. The van der Waals surface area contributed by atoms with Crippen molar-refractivity contribution in [1.29, 1.82) is 0 Å². The minimum absolute atomic E-state index is 0.0372. The molecule has 0 aliphatic heterocycles. The number of aliphatic hydroxyl groups is 1. The molecule has 0 amide bonds. The summed E-state index contributed by atoms with van der Waals surface area (Å²) in [6, 6.07) is 0. The summed E-state index contributed by atoms with van der Waals surface area (Å²) < 4.78 is 3.70. The highest BCUT2D eigenvalue weighted by atomic mass is 32.1. The van der Waals surface area contributed by atoms with Gasteiger partial charge in [-0.3, -0.25) is 0 Å². The van der Waals surface area contributed by atoms with Crippen LogP contribution in [0.3, 0.4) is 0 Å². The van der Waals surface area contributed by atoms with Crippen LogP contribution in [-0.4, -0.2) is 26.8 Å². The summed E-state index contributed by atoms with van der Waals surface area (Å²) >= 11 is 1.29. The van der Waals surface area contributed by atoms with Crippen LogP contribution in [0.1, 0.15) is 12.6 Å². The van der Waals surface area contributed by atoms with Crippen molar-refractivity contribution < 1.29 is 5.11 Å². The topological polar surface area (TPSA) is 72.0 Å². The van der Waals surface area contributed by atoms with Gasteiger partial charge in [0.1, 0.15) is 0 Å². The van der Waals surface area contributed by atoms with Crippen molar-refractivity contribution in [2.75, 3.05) is 6.61 Å². The lowest BCUT2D eigenvalue weighted by Crippen LogP contribution is -2.42. The summed E-state index contributed by atoms with van der Waals surface area (Å²) in [7, 11) is 0. The summed E-state index contributed by atoms with van der Waals surface area (Å²) in [6.45, 7) is 1.75. The highest BCUT2D eigenvalue weighted by Crippen LogP contribution is 2.08. The van der Waals surface area contributed by atoms with Crippen LogP contribution in [0.15, 0.2) is 5.38 Å². The number of nitrogens with two attached hydrogens (primary N) is 1. The molecule has 0 aromatic carbocycles. The first-order valence-corrected chi connectivity index (χ1v) is 4.13. The van der Waals surface area contributed by atoms with E-state index in [0.717, 1.165) is 5.69 Å². The van der Waals surface area contributed by atoms with E-state index in [0.29, 0.717) is 6.42 Å². The molecule has 3 N–H and O–H groups in total. The molecular weight excluding hydrogens is 162 g/mol. The normalized spacial score (nSPS) is 16.3. The lowest BCUT2D eigenvalue weighted by molar-refractivity contribution is 0.207. The Morgan fingerprint density at radius 3 is 3.00 bits per heavy atom. The number of aliphatic hydroxyl groups excluding tert-OH is 1. The molecule has 0 aliphatic rings. The van der Waals surface area contributed by atoms with Crippen LogP contribution in [0.25, 0.3) is 0 Å². The van der Waals surface area contributed by atoms with Gasteiger partial charge in [-0.1, -0.05) is 4.49 Å². The van der Waals surface area contributed by atoms with Crippen molar-refractivity contribution in [3.8, 4) is 0 Å². The van der Waals surface area contributed by atoms with Crippen LogP contribution in [0.4, 0.5) is 0 Å². The average molecular weight is 173 g/mol. The maximum atomic E-state index is 8.82. The van der Waals surface area contributed by atoms with Gasteiger partial charge in [0, 0.05) is 17.3 Å². The fourth-order valence-electron chi connectivity index (χ4n) is 0.731. The zero-order chi connectivity index (χ0) is 8.32. The molecule has 0 saturated heterocycles. The van der Waals surface area contributed by atoms with Crippen molar-refractivity contribution in [3.05, 3.63) is 11.1 Å². The minimum Gasteiger partial charge on any atom is -0.394 e. The molecule has 5 heteroatoms. The number of rotatable bonds is 3. The molecule has 1 aromatic heterocycles. The van der Waals surface area contributed by atoms with Gasteiger partial charge in [-0.05, 0) is 18.5 Å². The quantitative estimate of drug-likeness (QED) is 0.663. The SMILES string of the molecule is CC(N)(CO)Cc1csnn1. The Balaban J connectivity index is 2.56. The number of hydrogen-bond donors (Lipinski definition) is 2. The smallest absolute Gasteiger partial charge is 0.0774 e. The predicted molar refractivity (Wildman–Crippen MR) is 43.3 cm³/mol. The van der Waals surface area contributed by atoms with Gasteiger partial charge in [-0.2, -0.15) is 0 Å². The Labute approximate surface area is 69.2 Å². The van der Waals surface area contributed by atoms with Gasteiger partial charge in [0.15, 0.2) is 0 Å². The zero-order valence-corrected chi connectivity index (χ0v) is 7.14. The third-order valence-electron chi connectivity index (χ3n) is 1.35. The fourth-order valence-corrected chi connectivity index (χ4v) is 1.18. The van der Waals surface area contributed by atoms with E-state index in [-0.39, 0.29) is 6.61 Å². The predicted octanol–water partition coefficient (Wildman–Crippen LogP) is -0.210. The van der Waals surface area contributed by atoms with Crippen LogP contribution in [-0.2, 0) is 6.42 Å². The molecule has 1 unspecified atom stereocenters. The summed E-state index contributed by atoms with van der Waals surface area (Å²) in [4.78, 5) is 0. The summed E-state index contributed by atoms with van der Waals surface area (Å²) in [5.41, 5.74) is 5.96. The Morgan fingerprint density at radius 2 is 2.55 bits per heavy atom. The first-order valence-electron chi connectivity index (χ1n) is 3.30. The Bertz CT molecular complexity index is 210. The van der Waals surface area contributed by atoms with Crippen LogP contribution in [0.5, 0.6) is 0 Å². The molecule has 1 rings (SSSR count). The lowest BCUT2D eigenvalue weighted by atomic mass is 9.99. The van der Waals surface area contributed by atoms with E-state index in [9.17, 15) is 0 Å². The Kier molecular flexibility index (Phi) is 2.53. The standard InChI is InChI=1S/C6H11N3OS/c1-6(7,4-10)2-5-3-11-9-8-5/h3,10H,2,4,7H2,1H3. The van der Waals surface area contributed by atoms with Crippen LogP contribution >= 0.6 is 11.5 Å². The summed E-state index contributed by atoms with van der Waals surface area (Å²) in [6.07, 6.45) is 0.569. The summed E-state index contributed by atoms with van der Waals surface area (Å²) in [5, 5.41) is 14.5. The van der Waals surface area contributed by atoms with Gasteiger partial charge in [-0.25, -0.2) is 0 Å². The third-order valence-corrected chi connectivity index (χ3v) is 1.90. The van der Waals surface area contributed by atoms with Gasteiger partial charge in [0.05, 0.1) is 12.3 Å². The van der Waals surface area contributed by atoms with E-state index < -0.39 is 5.54 Å². The molecule has 0 spiro atoms. The Hall–Kier alpha value is -0.520. The molecular formula is C6H11N3OS. The van der Waals surface area contributed by atoms with Crippen LogP contribution < -0.4 is 5.73 Å². The molecule has 0 radical (unpaired) electrons. The molecule has 0 fully saturated rings. The fraction of sp³-hybridized carbons (Fsp3) is 0.667.